The molecule has 0 aliphatic heterocycles. The summed E-state index contributed by atoms with van der Waals surface area (Å²) in [6.07, 6.45) is 0. The molecule has 4 heteroatoms. The molecule has 11 aromatic rings. The molecule has 0 amide bonds. The Balaban J connectivity index is 1.11. The minimum Gasteiger partial charge on any atom is -0.309 e. The van der Waals surface area contributed by atoms with Gasteiger partial charge in [-0.1, -0.05) is 133 Å². The van der Waals surface area contributed by atoms with E-state index in [1.807, 2.05) is 12.1 Å². The number of hydrogen-bond acceptors (Lipinski definition) is 2. The van der Waals surface area contributed by atoms with E-state index >= 15 is 0 Å². The maximum Gasteiger partial charge on any atom is 0.235 e. The topological polar surface area (TPSA) is 35.6 Å². The number of aromatic nitrogens is 4. The Morgan fingerprint density at radius 2 is 0.962 bits per heavy atom. The molecule has 52 heavy (non-hydrogen) atoms. The lowest BCUT2D eigenvalue weighted by Gasteiger charge is -2.12. The van der Waals surface area contributed by atoms with Crippen molar-refractivity contribution in [1.29, 1.82) is 0 Å². The van der Waals surface area contributed by atoms with Crippen LogP contribution in [0.5, 0.6) is 0 Å². The van der Waals surface area contributed by atoms with Crippen molar-refractivity contribution < 1.29 is 0 Å². The smallest absolute Gasteiger partial charge is 0.235 e. The Morgan fingerprint density at radius 3 is 1.77 bits per heavy atom. The molecule has 0 fully saturated rings. The van der Waals surface area contributed by atoms with Gasteiger partial charge in [0.25, 0.3) is 0 Å². The van der Waals surface area contributed by atoms with Gasteiger partial charge in [0.1, 0.15) is 0 Å². The van der Waals surface area contributed by atoms with Gasteiger partial charge in [0, 0.05) is 38.2 Å². The molecule has 0 bridgehead atoms. The van der Waals surface area contributed by atoms with Crippen molar-refractivity contribution in [3.63, 3.8) is 0 Å². The third-order valence-electron chi connectivity index (χ3n) is 10.5. The largest absolute Gasteiger partial charge is 0.309 e. The number of para-hydroxylation sites is 4. The van der Waals surface area contributed by atoms with Gasteiger partial charge in [0.2, 0.25) is 5.95 Å². The summed E-state index contributed by atoms with van der Waals surface area (Å²) in [4.78, 5) is 10.4. The van der Waals surface area contributed by atoms with Crippen molar-refractivity contribution >= 4 is 65.3 Å². The van der Waals surface area contributed by atoms with Crippen LogP contribution in [-0.2, 0) is 0 Å². The van der Waals surface area contributed by atoms with E-state index in [9.17, 15) is 0 Å². The highest BCUT2D eigenvalue weighted by Gasteiger charge is 2.19. The molecule has 0 aliphatic rings. The third kappa shape index (κ3) is 4.28. The van der Waals surface area contributed by atoms with E-state index in [1.54, 1.807) is 0 Å². The Hall–Kier alpha value is -7.04. The van der Waals surface area contributed by atoms with Crippen molar-refractivity contribution in [1.82, 2.24) is 19.1 Å². The summed E-state index contributed by atoms with van der Waals surface area (Å²) in [7, 11) is 0. The van der Waals surface area contributed by atoms with Gasteiger partial charge in [-0.3, -0.25) is 4.57 Å². The van der Waals surface area contributed by atoms with Gasteiger partial charge in [-0.25, -0.2) is 9.97 Å². The summed E-state index contributed by atoms with van der Waals surface area (Å²) < 4.78 is 4.61. The van der Waals surface area contributed by atoms with Crippen LogP contribution < -0.4 is 0 Å². The molecule has 0 saturated carbocycles. The molecule has 0 saturated heterocycles. The summed E-state index contributed by atoms with van der Waals surface area (Å²) >= 11 is 0. The first-order valence-corrected chi connectivity index (χ1v) is 17.7. The molecule has 0 spiro atoms. The zero-order valence-electron chi connectivity index (χ0n) is 28.1. The van der Waals surface area contributed by atoms with Crippen LogP contribution in [0.2, 0.25) is 0 Å². The van der Waals surface area contributed by atoms with Gasteiger partial charge < -0.3 is 4.57 Å². The van der Waals surface area contributed by atoms with Crippen molar-refractivity contribution in [2.45, 2.75) is 0 Å². The Bertz CT molecular complexity index is 3170. The quantitative estimate of drug-likeness (QED) is 0.188. The highest BCUT2D eigenvalue weighted by Crippen LogP contribution is 2.40. The van der Waals surface area contributed by atoms with Crippen LogP contribution in [0.15, 0.2) is 182 Å². The van der Waals surface area contributed by atoms with Crippen LogP contribution in [0.4, 0.5) is 0 Å². The zero-order chi connectivity index (χ0) is 34.2. The number of rotatable bonds is 4. The minimum absolute atomic E-state index is 0.668. The second-order valence-corrected chi connectivity index (χ2v) is 13.4. The molecule has 0 unspecified atom stereocenters. The van der Waals surface area contributed by atoms with Crippen LogP contribution >= 0.6 is 0 Å². The predicted octanol–water partition coefficient (Wildman–Crippen LogP) is 12.3. The van der Waals surface area contributed by atoms with E-state index in [0.29, 0.717) is 5.95 Å². The van der Waals surface area contributed by atoms with Gasteiger partial charge in [0.15, 0.2) is 0 Å². The van der Waals surface area contributed by atoms with E-state index in [-0.39, 0.29) is 0 Å². The van der Waals surface area contributed by atoms with E-state index in [2.05, 4.69) is 179 Å². The van der Waals surface area contributed by atoms with Gasteiger partial charge in [-0.15, -0.1) is 0 Å². The fourth-order valence-corrected chi connectivity index (χ4v) is 8.18. The van der Waals surface area contributed by atoms with Crippen molar-refractivity contribution in [3.8, 4) is 34.0 Å². The summed E-state index contributed by atoms with van der Waals surface area (Å²) in [5.41, 5.74) is 11.1. The second-order valence-electron chi connectivity index (χ2n) is 13.4. The molecule has 3 aromatic heterocycles. The monoisotopic (exact) mass is 662 g/mol. The van der Waals surface area contributed by atoms with E-state index in [1.165, 1.54) is 54.5 Å². The molecule has 8 aromatic carbocycles. The molecule has 242 valence electrons. The van der Waals surface area contributed by atoms with Crippen molar-refractivity contribution in [2.24, 2.45) is 0 Å². The van der Waals surface area contributed by atoms with Crippen LogP contribution in [0.25, 0.3) is 99.3 Å². The molecule has 11 rings (SSSR count). The second kappa shape index (κ2) is 11.2. The zero-order valence-corrected chi connectivity index (χ0v) is 28.1. The lowest BCUT2D eigenvalue weighted by molar-refractivity contribution is 1.01. The maximum atomic E-state index is 5.27. The predicted molar refractivity (Wildman–Crippen MR) is 217 cm³/mol. The summed E-state index contributed by atoms with van der Waals surface area (Å²) in [5.74, 6) is 0.668. The van der Waals surface area contributed by atoms with Crippen LogP contribution in [0.3, 0.4) is 0 Å². The molecule has 0 aliphatic carbocycles. The SMILES string of the molecule is c1ccc(-c2nc(-n3c4ccccc4c4c5ccc(-c6ccc7c8ccccc8n(-c8ccccc8)c7c6)cc5ccc43)nc3ccccc23)cc1. The summed E-state index contributed by atoms with van der Waals surface area (Å²) in [6, 6.07) is 64.9. The first kappa shape index (κ1) is 28.8. The molecular formula is C48H30N4. The molecule has 0 atom stereocenters. The Labute approximate surface area is 299 Å². The normalized spacial score (nSPS) is 11.8. The van der Waals surface area contributed by atoms with Gasteiger partial charge in [0.05, 0.1) is 33.3 Å². The maximum absolute atomic E-state index is 5.27. The molecular weight excluding hydrogens is 633 g/mol. The van der Waals surface area contributed by atoms with E-state index in [4.69, 9.17) is 9.97 Å². The average molecular weight is 663 g/mol. The number of fused-ring (bicyclic) bond motifs is 9. The fraction of sp³-hybridized carbons (Fsp3) is 0. The summed E-state index contributed by atoms with van der Waals surface area (Å²) in [5, 5.41) is 8.35. The first-order chi connectivity index (χ1) is 25.8. The number of benzene rings is 8. The van der Waals surface area contributed by atoms with Crippen LogP contribution in [-0.4, -0.2) is 19.1 Å². The van der Waals surface area contributed by atoms with Gasteiger partial charge >= 0.3 is 0 Å². The first-order valence-electron chi connectivity index (χ1n) is 17.7. The third-order valence-corrected chi connectivity index (χ3v) is 10.5. The molecule has 0 N–H and O–H groups in total. The number of nitrogens with zero attached hydrogens (tertiary/aromatic N) is 4. The summed E-state index contributed by atoms with van der Waals surface area (Å²) in [6.45, 7) is 0. The fourth-order valence-electron chi connectivity index (χ4n) is 8.18. The van der Waals surface area contributed by atoms with Crippen molar-refractivity contribution in [2.75, 3.05) is 0 Å². The van der Waals surface area contributed by atoms with Crippen LogP contribution in [0.1, 0.15) is 0 Å². The highest BCUT2D eigenvalue weighted by molar-refractivity contribution is 6.21. The van der Waals surface area contributed by atoms with Crippen LogP contribution in [0, 0.1) is 0 Å². The average Bonchev–Trinajstić information content (AvgIpc) is 3.74. The Kier molecular flexibility index (Phi) is 6.22. The van der Waals surface area contributed by atoms with E-state index in [0.717, 1.165) is 38.9 Å². The molecule has 3 heterocycles. The van der Waals surface area contributed by atoms with Gasteiger partial charge in [-0.05, 0) is 70.4 Å². The van der Waals surface area contributed by atoms with Crippen molar-refractivity contribution in [3.05, 3.63) is 182 Å². The van der Waals surface area contributed by atoms with E-state index < -0.39 is 0 Å². The standard InChI is InChI=1S/C48H30N4/c1-3-13-31(14-4-1)47-39-18-7-10-20-41(39)49-48(50-47)52-43-22-12-9-19-40(43)46-36-26-23-32(29-34(36)25-28-44(46)52)33-24-27-38-37-17-8-11-21-42(37)51(45(38)30-33)35-15-5-2-6-16-35/h1-30H. The molecule has 4 nitrogen and oxygen atoms in total. The molecule has 0 radical (unpaired) electrons. The lowest BCUT2D eigenvalue weighted by Crippen LogP contribution is -2.03. The lowest BCUT2D eigenvalue weighted by atomic mass is 9.97. The highest BCUT2D eigenvalue weighted by atomic mass is 15.2. The van der Waals surface area contributed by atoms with Gasteiger partial charge in [-0.2, -0.15) is 0 Å². The number of hydrogen-bond donors (Lipinski definition) is 0. The minimum atomic E-state index is 0.668. The Morgan fingerprint density at radius 1 is 0.346 bits per heavy atom.